The van der Waals surface area contributed by atoms with Crippen LogP contribution in [0.1, 0.15) is 33.3 Å². The molecular formula is C22H26N2O11. The zero-order valence-corrected chi connectivity index (χ0v) is 19.6. The first kappa shape index (κ1) is 25.9. The maximum atomic E-state index is 12.0. The summed E-state index contributed by atoms with van der Waals surface area (Å²) < 4.78 is 27.6. The number of nitrogens with zero attached hydrogens (tertiary/aromatic N) is 2. The van der Waals surface area contributed by atoms with Crippen LogP contribution in [0.25, 0.3) is 0 Å². The summed E-state index contributed by atoms with van der Waals surface area (Å²) >= 11 is 0. The van der Waals surface area contributed by atoms with E-state index in [2.05, 4.69) is 0 Å². The lowest BCUT2D eigenvalue weighted by Gasteiger charge is -2.47. The van der Waals surface area contributed by atoms with E-state index in [9.17, 15) is 29.3 Å². The molecule has 0 aromatic heterocycles. The smallest absolute Gasteiger partial charge is 0.303 e. The van der Waals surface area contributed by atoms with Crippen LogP contribution in [0, 0.1) is 10.1 Å². The monoisotopic (exact) mass is 494 g/mol. The van der Waals surface area contributed by atoms with Crippen LogP contribution < -0.4 is 4.90 Å². The third kappa shape index (κ3) is 6.04. The van der Waals surface area contributed by atoms with Gasteiger partial charge in [-0.05, 0) is 18.1 Å². The van der Waals surface area contributed by atoms with Crippen molar-refractivity contribution in [3.05, 3.63) is 33.9 Å². The van der Waals surface area contributed by atoms with Gasteiger partial charge in [0.1, 0.15) is 12.7 Å². The molecule has 1 aromatic rings. The summed E-state index contributed by atoms with van der Waals surface area (Å²) in [4.78, 5) is 59.7. The normalized spacial score (nSPS) is 25.3. The molecule has 2 aliphatic heterocycles. The van der Waals surface area contributed by atoms with Gasteiger partial charge in [0, 0.05) is 52.1 Å². The number of nitro groups is 1. The quantitative estimate of drug-likeness (QED) is 0.230. The van der Waals surface area contributed by atoms with Crippen molar-refractivity contribution in [1.29, 1.82) is 0 Å². The maximum Gasteiger partial charge on any atom is 0.303 e. The minimum atomic E-state index is -1.29. The third-order valence-corrected chi connectivity index (χ3v) is 5.48. The van der Waals surface area contributed by atoms with Crippen LogP contribution in [0.2, 0.25) is 0 Å². The predicted molar refractivity (Wildman–Crippen MR) is 116 cm³/mol. The van der Waals surface area contributed by atoms with Gasteiger partial charge in [0.15, 0.2) is 24.5 Å². The molecule has 13 heteroatoms. The van der Waals surface area contributed by atoms with Gasteiger partial charge < -0.3 is 28.6 Å². The molecule has 5 atom stereocenters. The van der Waals surface area contributed by atoms with Crippen LogP contribution in [-0.2, 0) is 49.3 Å². The lowest BCUT2D eigenvalue weighted by atomic mass is 9.96. The first-order valence-corrected chi connectivity index (χ1v) is 10.8. The Morgan fingerprint density at radius 1 is 0.971 bits per heavy atom. The molecule has 0 spiro atoms. The molecule has 0 radical (unpaired) electrons. The molecule has 2 heterocycles. The van der Waals surface area contributed by atoms with Gasteiger partial charge in [0.2, 0.25) is 0 Å². The van der Waals surface area contributed by atoms with Gasteiger partial charge in [-0.3, -0.25) is 29.3 Å². The summed E-state index contributed by atoms with van der Waals surface area (Å²) in [6.07, 6.45) is -5.49. The fraction of sp³-hybridized carbons (Fsp3) is 0.545. The highest BCUT2D eigenvalue weighted by atomic mass is 16.7. The summed E-state index contributed by atoms with van der Waals surface area (Å²) in [5.74, 6) is -2.77. The Hall–Kier alpha value is -3.74. The number of hydrogen-bond donors (Lipinski definition) is 0. The van der Waals surface area contributed by atoms with Crippen molar-refractivity contribution >= 4 is 35.3 Å². The number of fused-ring (bicyclic) bond motifs is 1. The van der Waals surface area contributed by atoms with Crippen molar-refractivity contribution in [3.8, 4) is 0 Å². The molecular weight excluding hydrogens is 468 g/mol. The summed E-state index contributed by atoms with van der Waals surface area (Å²) in [6.45, 7) is 4.64. The average Bonchev–Trinajstić information content (AvgIpc) is 3.17. The van der Waals surface area contributed by atoms with Gasteiger partial charge in [0.25, 0.3) is 5.69 Å². The van der Waals surface area contributed by atoms with Crippen molar-refractivity contribution in [1.82, 2.24) is 0 Å². The van der Waals surface area contributed by atoms with Crippen molar-refractivity contribution in [2.45, 2.75) is 64.8 Å². The number of anilines is 1. The van der Waals surface area contributed by atoms with E-state index < -0.39 is 59.4 Å². The van der Waals surface area contributed by atoms with Crippen molar-refractivity contribution < 1.29 is 47.8 Å². The van der Waals surface area contributed by atoms with E-state index in [1.165, 1.54) is 19.1 Å². The Morgan fingerprint density at radius 2 is 1.57 bits per heavy atom. The highest BCUT2D eigenvalue weighted by Gasteiger charge is 2.54. The van der Waals surface area contributed by atoms with Gasteiger partial charge in [-0.1, -0.05) is 0 Å². The molecule has 1 saturated heterocycles. The first-order chi connectivity index (χ1) is 16.5. The number of non-ortho nitro benzene ring substituents is 1. The number of carbonyl (C=O) groups excluding carboxylic acids is 4. The largest absolute Gasteiger partial charge is 0.463 e. The zero-order chi connectivity index (χ0) is 25.9. The molecule has 35 heavy (non-hydrogen) atoms. The Labute approximate surface area is 200 Å². The van der Waals surface area contributed by atoms with Crippen LogP contribution >= 0.6 is 0 Å². The fourth-order valence-electron chi connectivity index (χ4n) is 4.25. The minimum absolute atomic E-state index is 0.0767. The lowest BCUT2D eigenvalue weighted by molar-refractivity contribution is -0.384. The SMILES string of the molecule is CC(=O)OC[C@@H]1O[C@@H](N2CCc3cc([N+](=O)[O-])ccc32)[C@@H](OC(C)=O)[C@@H](OC(C)=O)[C@@H]1OC(C)=O. The molecule has 0 amide bonds. The van der Waals surface area contributed by atoms with E-state index in [4.69, 9.17) is 23.7 Å². The van der Waals surface area contributed by atoms with E-state index in [0.717, 1.165) is 20.8 Å². The minimum Gasteiger partial charge on any atom is -0.463 e. The predicted octanol–water partition coefficient (Wildman–Crippen LogP) is 1.04. The topological polar surface area (TPSA) is 161 Å². The number of esters is 4. The molecule has 0 unspecified atom stereocenters. The van der Waals surface area contributed by atoms with E-state index in [-0.39, 0.29) is 12.3 Å². The molecule has 1 aromatic carbocycles. The maximum absolute atomic E-state index is 12.0. The second-order valence-electron chi connectivity index (χ2n) is 8.10. The number of nitro benzene ring substituents is 1. The van der Waals surface area contributed by atoms with Crippen LogP contribution in [0.15, 0.2) is 18.2 Å². The summed E-state index contributed by atoms with van der Waals surface area (Å²) in [7, 11) is 0. The molecule has 190 valence electrons. The molecule has 0 saturated carbocycles. The van der Waals surface area contributed by atoms with Gasteiger partial charge in [0.05, 0.1) is 4.92 Å². The Bertz CT molecular complexity index is 1030. The van der Waals surface area contributed by atoms with Crippen molar-refractivity contribution in [2.75, 3.05) is 18.1 Å². The van der Waals surface area contributed by atoms with Crippen LogP contribution in [0.3, 0.4) is 0 Å². The van der Waals surface area contributed by atoms with E-state index in [0.29, 0.717) is 24.2 Å². The van der Waals surface area contributed by atoms with Gasteiger partial charge in [-0.25, -0.2) is 0 Å². The average molecular weight is 494 g/mol. The summed E-state index contributed by atoms with van der Waals surface area (Å²) in [6, 6.07) is 4.33. The van der Waals surface area contributed by atoms with E-state index in [1.807, 2.05) is 0 Å². The van der Waals surface area contributed by atoms with E-state index in [1.54, 1.807) is 11.0 Å². The number of ether oxygens (including phenoxy) is 5. The fourth-order valence-corrected chi connectivity index (χ4v) is 4.25. The number of carbonyl (C=O) groups is 4. The van der Waals surface area contributed by atoms with Gasteiger partial charge in [-0.15, -0.1) is 0 Å². The Morgan fingerprint density at radius 3 is 2.14 bits per heavy atom. The number of rotatable bonds is 7. The molecule has 3 rings (SSSR count). The zero-order valence-electron chi connectivity index (χ0n) is 19.6. The van der Waals surface area contributed by atoms with Gasteiger partial charge in [-0.2, -0.15) is 0 Å². The second-order valence-corrected chi connectivity index (χ2v) is 8.10. The number of benzene rings is 1. The highest BCUT2D eigenvalue weighted by Crippen LogP contribution is 2.38. The first-order valence-electron chi connectivity index (χ1n) is 10.8. The third-order valence-electron chi connectivity index (χ3n) is 5.48. The Kier molecular flexibility index (Phi) is 7.89. The Balaban J connectivity index is 2.05. The molecule has 0 aliphatic carbocycles. The molecule has 0 bridgehead atoms. The van der Waals surface area contributed by atoms with Crippen LogP contribution in [0.5, 0.6) is 0 Å². The van der Waals surface area contributed by atoms with Crippen LogP contribution in [-0.4, -0.2) is 72.6 Å². The summed E-state index contributed by atoms with van der Waals surface area (Å²) in [5, 5.41) is 11.2. The van der Waals surface area contributed by atoms with E-state index >= 15 is 0 Å². The molecule has 13 nitrogen and oxygen atoms in total. The highest BCUT2D eigenvalue weighted by molar-refractivity contribution is 5.69. The standard InChI is InChI=1S/C22H26N2O11/c1-11(25)31-10-18-19(32-12(2)26)20(33-13(3)27)21(34-14(4)28)22(35-18)23-8-7-15-9-16(24(29)30)5-6-17(15)23/h5-6,9,18-22H,7-8,10H2,1-4H3/t18-,19+,20-,21-,22+/m0/s1. The lowest BCUT2D eigenvalue weighted by Crippen LogP contribution is -2.66. The molecule has 1 fully saturated rings. The van der Waals surface area contributed by atoms with Crippen molar-refractivity contribution in [3.63, 3.8) is 0 Å². The van der Waals surface area contributed by atoms with Crippen molar-refractivity contribution in [2.24, 2.45) is 0 Å². The van der Waals surface area contributed by atoms with Gasteiger partial charge >= 0.3 is 23.9 Å². The second kappa shape index (κ2) is 10.7. The summed E-state index contributed by atoms with van der Waals surface area (Å²) in [5.41, 5.74) is 1.19. The number of hydrogen-bond acceptors (Lipinski definition) is 12. The van der Waals surface area contributed by atoms with Crippen LogP contribution in [0.4, 0.5) is 11.4 Å². The molecule has 0 N–H and O–H groups in total. The molecule has 2 aliphatic rings.